The van der Waals surface area contributed by atoms with Crippen LogP contribution in [0.1, 0.15) is 63.5 Å². The van der Waals surface area contributed by atoms with E-state index in [1.54, 1.807) is 5.56 Å². The molecule has 0 N–H and O–H groups in total. The van der Waals surface area contributed by atoms with Gasteiger partial charge in [-0.1, -0.05) is 39.5 Å². The smallest absolute Gasteiger partial charge is 0.145 e. The zero-order chi connectivity index (χ0) is 22.9. The van der Waals surface area contributed by atoms with Crippen molar-refractivity contribution >= 4 is 83.5 Å². The summed E-state index contributed by atoms with van der Waals surface area (Å²) in [5.74, 6) is 0. The summed E-state index contributed by atoms with van der Waals surface area (Å²) >= 11 is 4.84. The zero-order valence-corrected chi connectivity index (χ0v) is 23.7. The molecule has 0 radical (unpaired) electrons. The summed E-state index contributed by atoms with van der Waals surface area (Å²) in [5, 5.41) is 3.90. The summed E-state index contributed by atoms with van der Waals surface area (Å²) in [6.45, 7) is 4.59. The van der Waals surface area contributed by atoms with Crippen LogP contribution in [0.2, 0.25) is 0 Å². The molecular weight excluding hydrogens is 630 g/mol. The number of hydrogen-bond acceptors (Lipinski definition) is 1. The third kappa shape index (κ3) is 4.49. The topological polar surface area (TPSA) is 17.3 Å². The van der Waals surface area contributed by atoms with Crippen molar-refractivity contribution in [2.75, 3.05) is 0 Å². The number of nitrogens with zero attached hydrogens (tertiary/aromatic N) is 2. The molecule has 0 atom stereocenters. The van der Waals surface area contributed by atoms with E-state index >= 15 is 0 Å². The van der Waals surface area contributed by atoms with Gasteiger partial charge in [-0.2, -0.15) is 0 Å². The first-order valence-corrected chi connectivity index (χ1v) is 14.4. The minimum Gasteiger partial charge on any atom is -0.294 e. The molecule has 0 aliphatic carbocycles. The molecule has 3 aromatic heterocycles. The summed E-state index contributed by atoms with van der Waals surface area (Å²) in [4.78, 5) is 5.28. The molecule has 0 aliphatic heterocycles. The number of halogens is 2. The van der Waals surface area contributed by atoms with Crippen molar-refractivity contribution in [2.24, 2.45) is 0 Å². The van der Waals surface area contributed by atoms with Gasteiger partial charge in [-0.25, -0.2) is 4.98 Å². The Morgan fingerprint density at radius 2 is 1.36 bits per heavy atom. The van der Waals surface area contributed by atoms with Crippen LogP contribution in [0.3, 0.4) is 0 Å². The molecule has 0 aliphatic rings. The Kier molecular flexibility index (Phi) is 7.12. The van der Waals surface area contributed by atoms with Crippen LogP contribution >= 0.6 is 45.2 Å². The maximum atomic E-state index is 5.28. The van der Waals surface area contributed by atoms with E-state index in [4.69, 9.17) is 4.98 Å². The molecule has 0 saturated heterocycles. The molecule has 5 aromatic rings. The molecule has 0 saturated carbocycles. The van der Waals surface area contributed by atoms with Crippen molar-refractivity contribution < 1.29 is 0 Å². The number of aryl methyl sites for hydroxylation is 2. The van der Waals surface area contributed by atoms with Crippen molar-refractivity contribution in [3.63, 3.8) is 0 Å². The van der Waals surface area contributed by atoms with E-state index in [2.05, 4.69) is 112 Å². The lowest BCUT2D eigenvalue weighted by atomic mass is 9.93. The van der Waals surface area contributed by atoms with Gasteiger partial charge in [0.15, 0.2) is 0 Å². The summed E-state index contributed by atoms with van der Waals surface area (Å²) in [7, 11) is 0. The molecule has 0 spiro atoms. The number of unbranched alkanes of at least 4 members (excludes halogenated alkanes) is 4. The van der Waals surface area contributed by atoms with Crippen LogP contribution in [-0.4, -0.2) is 9.38 Å². The zero-order valence-electron chi connectivity index (χ0n) is 19.4. The highest BCUT2D eigenvalue weighted by Gasteiger charge is 2.19. The van der Waals surface area contributed by atoms with Gasteiger partial charge >= 0.3 is 0 Å². The molecule has 170 valence electrons. The van der Waals surface area contributed by atoms with Gasteiger partial charge in [0.25, 0.3) is 0 Å². The van der Waals surface area contributed by atoms with E-state index in [0.29, 0.717) is 0 Å². The fourth-order valence-corrected chi connectivity index (χ4v) is 6.18. The highest BCUT2D eigenvalue weighted by molar-refractivity contribution is 14.1. The van der Waals surface area contributed by atoms with Crippen molar-refractivity contribution in [1.82, 2.24) is 9.38 Å². The van der Waals surface area contributed by atoms with E-state index in [1.807, 2.05) is 0 Å². The maximum absolute atomic E-state index is 5.28. The summed E-state index contributed by atoms with van der Waals surface area (Å²) in [6, 6.07) is 18.2. The minimum atomic E-state index is 1.08. The molecule has 0 unspecified atom stereocenters. The molecule has 0 amide bonds. The van der Waals surface area contributed by atoms with Gasteiger partial charge < -0.3 is 0 Å². The van der Waals surface area contributed by atoms with Crippen LogP contribution in [0.15, 0.2) is 48.5 Å². The molecule has 0 fully saturated rings. The normalized spacial score (nSPS) is 12.0. The standard InChI is InChI=1S/C29H30I2N2/c1-3-5-7-9-23-24(10-8-6-4-2)28-18-20-16-22(31)12-14-27(20)33(28)29-25(23)17-19-15-21(30)11-13-26(19)32-29/h11-18H,3-10H2,1-2H3. The molecule has 0 bridgehead atoms. The Hall–Kier alpha value is -1.41. The first-order valence-electron chi connectivity index (χ1n) is 12.2. The van der Waals surface area contributed by atoms with Gasteiger partial charge in [0.05, 0.1) is 16.6 Å². The summed E-state index contributed by atoms with van der Waals surface area (Å²) < 4.78 is 4.99. The molecule has 3 heterocycles. The van der Waals surface area contributed by atoms with Crippen LogP contribution in [0.5, 0.6) is 0 Å². The molecule has 2 aromatic carbocycles. The fourth-order valence-electron chi connectivity index (χ4n) is 5.15. The van der Waals surface area contributed by atoms with Gasteiger partial charge in [0.1, 0.15) is 5.65 Å². The third-order valence-corrected chi connectivity index (χ3v) is 8.13. The third-order valence-electron chi connectivity index (χ3n) is 6.79. The first kappa shape index (κ1) is 23.3. The van der Waals surface area contributed by atoms with E-state index in [0.717, 1.165) is 24.0 Å². The number of pyridine rings is 2. The van der Waals surface area contributed by atoms with Crippen LogP contribution in [0.25, 0.3) is 38.4 Å². The quantitative estimate of drug-likeness (QED) is 0.0922. The molecule has 2 nitrogen and oxygen atoms in total. The van der Waals surface area contributed by atoms with Crippen molar-refractivity contribution in [3.05, 3.63) is 66.8 Å². The number of rotatable bonds is 8. The van der Waals surface area contributed by atoms with Gasteiger partial charge in [-0.3, -0.25) is 4.40 Å². The highest BCUT2D eigenvalue weighted by atomic mass is 127. The van der Waals surface area contributed by atoms with Gasteiger partial charge in [-0.05, 0) is 131 Å². The lowest BCUT2D eigenvalue weighted by molar-refractivity contribution is 0.696. The largest absolute Gasteiger partial charge is 0.294 e. The Balaban J connectivity index is 1.90. The van der Waals surface area contributed by atoms with Crippen LogP contribution in [-0.2, 0) is 12.8 Å². The summed E-state index contributed by atoms with van der Waals surface area (Å²) in [6.07, 6.45) is 9.83. The number of benzene rings is 2. The Morgan fingerprint density at radius 1 is 0.697 bits per heavy atom. The molecule has 33 heavy (non-hydrogen) atoms. The minimum absolute atomic E-state index is 1.08. The van der Waals surface area contributed by atoms with Crippen LogP contribution in [0.4, 0.5) is 0 Å². The maximum Gasteiger partial charge on any atom is 0.145 e. The SMILES string of the molecule is CCCCCc1c(CCCCC)c2cc3cc(I)ccc3n2c2nc3ccc(I)cc3cc12. The van der Waals surface area contributed by atoms with E-state index in [9.17, 15) is 0 Å². The average molecular weight is 660 g/mol. The second kappa shape index (κ2) is 10.1. The van der Waals surface area contributed by atoms with Gasteiger partial charge in [0.2, 0.25) is 0 Å². The number of fused-ring (bicyclic) bond motifs is 6. The van der Waals surface area contributed by atoms with Crippen molar-refractivity contribution in [2.45, 2.75) is 65.2 Å². The lowest BCUT2D eigenvalue weighted by Gasteiger charge is -2.18. The number of hydrogen-bond donors (Lipinski definition) is 0. The highest BCUT2D eigenvalue weighted by Crippen LogP contribution is 2.35. The molecular formula is C29H30I2N2. The predicted molar refractivity (Wildman–Crippen MR) is 160 cm³/mol. The lowest BCUT2D eigenvalue weighted by Crippen LogP contribution is -2.04. The van der Waals surface area contributed by atoms with Crippen molar-refractivity contribution in [1.29, 1.82) is 0 Å². The predicted octanol–water partition coefficient (Wildman–Crippen LogP) is 9.47. The first-order chi connectivity index (χ1) is 16.1. The Labute approximate surface area is 223 Å². The second-order valence-corrected chi connectivity index (χ2v) is 11.6. The van der Waals surface area contributed by atoms with Crippen LogP contribution < -0.4 is 0 Å². The summed E-state index contributed by atoms with van der Waals surface area (Å²) in [5.41, 5.74) is 7.90. The van der Waals surface area contributed by atoms with Crippen LogP contribution in [0, 0.1) is 7.14 Å². The van der Waals surface area contributed by atoms with E-state index in [-0.39, 0.29) is 0 Å². The molecule has 4 heteroatoms. The Bertz CT molecular complexity index is 1470. The Morgan fingerprint density at radius 3 is 2.09 bits per heavy atom. The fraction of sp³-hybridized carbons (Fsp3) is 0.345. The van der Waals surface area contributed by atoms with Crippen molar-refractivity contribution in [3.8, 4) is 0 Å². The number of aromatic nitrogens is 2. The van der Waals surface area contributed by atoms with Gasteiger partial charge in [-0.15, -0.1) is 0 Å². The average Bonchev–Trinajstić information content (AvgIpc) is 3.18. The monoisotopic (exact) mass is 660 g/mol. The van der Waals surface area contributed by atoms with Gasteiger partial charge in [0, 0.05) is 23.3 Å². The van der Waals surface area contributed by atoms with E-state index < -0.39 is 0 Å². The second-order valence-electron chi connectivity index (χ2n) is 9.14. The molecule has 5 rings (SSSR count). The van der Waals surface area contributed by atoms with E-state index in [1.165, 1.54) is 78.4 Å².